The van der Waals surface area contributed by atoms with E-state index in [1.54, 1.807) is 0 Å². The van der Waals surface area contributed by atoms with Gasteiger partial charge in [-0.2, -0.15) is 0 Å². The van der Waals surface area contributed by atoms with Gasteiger partial charge in [-0.25, -0.2) is 0 Å². The minimum absolute atomic E-state index is 0.292. The van der Waals surface area contributed by atoms with Gasteiger partial charge in [-0.05, 0) is 58.4 Å². The lowest BCUT2D eigenvalue weighted by Gasteiger charge is -2.35. The lowest BCUT2D eigenvalue weighted by molar-refractivity contribution is 0.757. The van der Waals surface area contributed by atoms with Crippen LogP contribution >= 0.6 is 0 Å². The maximum absolute atomic E-state index is 6.26. The van der Waals surface area contributed by atoms with Crippen LogP contribution in [0.3, 0.4) is 0 Å². The zero-order valence-corrected chi connectivity index (χ0v) is 14.7. The molecule has 0 heterocycles. The molecule has 0 saturated heterocycles. The normalized spacial score (nSPS) is 17.1. The van der Waals surface area contributed by atoms with Crippen molar-refractivity contribution in [1.29, 1.82) is 0 Å². The van der Waals surface area contributed by atoms with Gasteiger partial charge in [0.2, 0.25) is 0 Å². The Balaban J connectivity index is 1.95. The van der Waals surface area contributed by atoms with Crippen LogP contribution in [0.1, 0.15) is 35.1 Å². The van der Waals surface area contributed by atoms with Gasteiger partial charge in [0.25, 0.3) is 0 Å². The summed E-state index contributed by atoms with van der Waals surface area (Å²) in [5.41, 5.74) is 14.9. The van der Waals surface area contributed by atoms with Gasteiger partial charge in [-0.1, -0.05) is 78.9 Å². The molecular weight excluding hydrogens is 314 g/mol. The lowest BCUT2D eigenvalue weighted by atomic mass is 9.66. The monoisotopic (exact) mass is 335 g/mol. The molecule has 0 bridgehead atoms. The standard InChI is InChI=1S/C25H21N/c26-20-15-16-22-21-13-7-8-14-23(21)25(24(22)17-20,18-9-3-1-4-10-18)19-11-5-2-6-12-19/h1-6,8-12,14-17H,7,13,26H2. The van der Waals surface area contributed by atoms with Crippen molar-refractivity contribution in [3.8, 4) is 0 Å². The number of hydrogen-bond donors (Lipinski definition) is 1. The summed E-state index contributed by atoms with van der Waals surface area (Å²) >= 11 is 0. The number of fused-ring (bicyclic) bond motifs is 2. The molecule has 3 aromatic carbocycles. The van der Waals surface area contributed by atoms with Crippen LogP contribution in [0, 0.1) is 0 Å². The first-order valence-corrected chi connectivity index (χ1v) is 9.23. The fourth-order valence-electron chi connectivity index (χ4n) is 4.74. The van der Waals surface area contributed by atoms with E-state index in [-0.39, 0.29) is 5.41 Å². The molecule has 1 nitrogen and oxygen atoms in total. The largest absolute Gasteiger partial charge is 0.399 e. The van der Waals surface area contributed by atoms with Gasteiger partial charge in [-0.3, -0.25) is 0 Å². The zero-order chi connectivity index (χ0) is 17.6. The summed E-state index contributed by atoms with van der Waals surface area (Å²) in [7, 11) is 0. The molecule has 0 aromatic heterocycles. The molecule has 26 heavy (non-hydrogen) atoms. The summed E-state index contributed by atoms with van der Waals surface area (Å²) in [6.45, 7) is 0. The summed E-state index contributed by atoms with van der Waals surface area (Å²) in [5.74, 6) is 0. The van der Waals surface area contributed by atoms with E-state index < -0.39 is 0 Å². The van der Waals surface area contributed by atoms with Crippen molar-refractivity contribution in [2.24, 2.45) is 0 Å². The SMILES string of the molecule is Nc1ccc2c(c1)C(c1ccccc1)(c1ccccc1)C1=C2CCC=C1. The quantitative estimate of drug-likeness (QED) is 0.595. The molecule has 0 saturated carbocycles. The molecular formula is C25H21N. The number of hydrogen-bond acceptors (Lipinski definition) is 1. The molecule has 0 atom stereocenters. The molecule has 0 amide bonds. The third kappa shape index (κ3) is 1.97. The minimum Gasteiger partial charge on any atom is -0.399 e. The highest BCUT2D eigenvalue weighted by atomic mass is 14.6. The smallest absolute Gasteiger partial charge is 0.0710 e. The van der Waals surface area contributed by atoms with Gasteiger partial charge < -0.3 is 5.73 Å². The first kappa shape index (κ1) is 15.2. The highest BCUT2D eigenvalue weighted by molar-refractivity contribution is 5.89. The van der Waals surface area contributed by atoms with Crippen LogP contribution in [0.4, 0.5) is 5.69 Å². The molecule has 0 spiro atoms. The Morgan fingerprint density at radius 2 is 1.42 bits per heavy atom. The minimum atomic E-state index is -0.292. The Morgan fingerprint density at radius 1 is 0.769 bits per heavy atom. The Morgan fingerprint density at radius 3 is 2.08 bits per heavy atom. The van der Waals surface area contributed by atoms with Crippen LogP contribution in [0.2, 0.25) is 0 Å². The molecule has 2 N–H and O–H groups in total. The average Bonchev–Trinajstić information content (AvgIpc) is 3.00. The predicted octanol–water partition coefficient (Wildman–Crippen LogP) is 5.72. The van der Waals surface area contributed by atoms with Crippen LogP contribution < -0.4 is 5.73 Å². The maximum atomic E-state index is 6.26. The fraction of sp³-hybridized carbons (Fsp3) is 0.120. The van der Waals surface area contributed by atoms with Gasteiger partial charge >= 0.3 is 0 Å². The molecule has 0 radical (unpaired) electrons. The Kier molecular flexibility index (Phi) is 3.36. The molecule has 0 aliphatic heterocycles. The van der Waals surface area contributed by atoms with E-state index in [0.717, 1.165) is 18.5 Å². The van der Waals surface area contributed by atoms with Gasteiger partial charge in [0.1, 0.15) is 0 Å². The van der Waals surface area contributed by atoms with Crippen molar-refractivity contribution in [2.75, 3.05) is 5.73 Å². The highest BCUT2D eigenvalue weighted by Crippen LogP contribution is 2.57. The van der Waals surface area contributed by atoms with Gasteiger partial charge in [0.15, 0.2) is 0 Å². The molecule has 126 valence electrons. The van der Waals surface area contributed by atoms with E-state index in [1.807, 2.05) is 6.07 Å². The van der Waals surface area contributed by atoms with E-state index in [2.05, 4.69) is 84.9 Å². The molecule has 5 rings (SSSR count). The van der Waals surface area contributed by atoms with Crippen molar-refractivity contribution < 1.29 is 0 Å². The summed E-state index contributed by atoms with van der Waals surface area (Å²) in [5, 5.41) is 0. The van der Waals surface area contributed by atoms with E-state index in [4.69, 9.17) is 5.73 Å². The van der Waals surface area contributed by atoms with Gasteiger partial charge in [-0.15, -0.1) is 0 Å². The number of nitrogens with two attached hydrogens (primary N) is 1. The maximum Gasteiger partial charge on any atom is 0.0710 e. The van der Waals surface area contributed by atoms with Gasteiger partial charge in [0, 0.05) is 5.69 Å². The van der Waals surface area contributed by atoms with Crippen molar-refractivity contribution in [2.45, 2.75) is 18.3 Å². The highest BCUT2D eigenvalue weighted by Gasteiger charge is 2.47. The van der Waals surface area contributed by atoms with Crippen molar-refractivity contribution in [1.82, 2.24) is 0 Å². The van der Waals surface area contributed by atoms with Gasteiger partial charge in [0.05, 0.1) is 5.41 Å². The van der Waals surface area contributed by atoms with Crippen LogP contribution in [0.5, 0.6) is 0 Å². The summed E-state index contributed by atoms with van der Waals surface area (Å²) in [6.07, 6.45) is 6.84. The second-order valence-corrected chi connectivity index (χ2v) is 7.12. The fourth-order valence-corrected chi connectivity index (χ4v) is 4.74. The van der Waals surface area contributed by atoms with E-state index in [0.29, 0.717) is 0 Å². The molecule has 0 unspecified atom stereocenters. The van der Waals surface area contributed by atoms with Crippen LogP contribution in [0.25, 0.3) is 5.57 Å². The molecule has 3 aromatic rings. The number of rotatable bonds is 2. The topological polar surface area (TPSA) is 26.0 Å². The van der Waals surface area contributed by atoms with Crippen LogP contribution in [0.15, 0.2) is 96.6 Å². The average molecular weight is 335 g/mol. The Labute approximate surface area is 154 Å². The zero-order valence-electron chi connectivity index (χ0n) is 14.7. The number of anilines is 1. The van der Waals surface area contributed by atoms with E-state index >= 15 is 0 Å². The van der Waals surface area contributed by atoms with Crippen molar-refractivity contribution in [3.05, 3.63) is 119 Å². The second-order valence-electron chi connectivity index (χ2n) is 7.12. The lowest BCUT2D eigenvalue weighted by Crippen LogP contribution is -2.29. The van der Waals surface area contributed by atoms with E-state index in [9.17, 15) is 0 Å². The van der Waals surface area contributed by atoms with Crippen molar-refractivity contribution >= 4 is 11.3 Å². The Bertz CT molecular complexity index is 987. The molecule has 1 heteroatoms. The molecule has 2 aliphatic carbocycles. The summed E-state index contributed by atoms with van der Waals surface area (Å²) in [4.78, 5) is 0. The summed E-state index contributed by atoms with van der Waals surface area (Å²) < 4.78 is 0. The second kappa shape index (κ2) is 5.74. The number of benzene rings is 3. The first-order valence-electron chi connectivity index (χ1n) is 9.23. The third-order valence-electron chi connectivity index (χ3n) is 5.76. The Hall–Kier alpha value is -3.06. The van der Waals surface area contributed by atoms with Crippen LogP contribution in [-0.2, 0) is 5.41 Å². The van der Waals surface area contributed by atoms with E-state index in [1.165, 1.54) is 33.4 Å². The third-order valence-corrected chi connectivity index (χ3v) is 5.76. The molecule has 2 aliphatic rings. The van der Waals surface area contributed by atoms with Crippen LogP contribution in [-0.4, -0.2) is 0 Å². The number of nitrogen functional groups attached to an aromatic ring is 1. The predicted molar refractivity (Wildman–Crippen MR) is 109 cm³/mol. The van der Waals surface area contributed by atoms with Crippen molar-refractivity contribution in [3.63, 3.8) is 0 Å². The number of allylic oxidation sites excluding steroid dienone is 4. The summed E-state index contributed by atoms with van der Waals surface area (Å²) in [6, 6.07) is 28.1. The first-order chi connectivity index (χ1) is 12.8. The molecule has 0 fully saturated rings.